The van der Waals surface area contributed by atoms with E-state index >= 15 is 0 Å². The van der Waals surface area contributed by atoms with Crippen LogP contribution in [0.2, 0.25) is 0 Å². The first-order valence-corrected chi connectivity index (χ1v) is 13.5. The van der Waals surface area contributed by atoms with Gasteiger partial charge >= 0.3 is 0 Å². The molecule has 0 unspecified atom stereocenters. The molecule has 1 atom stereocenters. The second-order valence-electron chi connectivity index (χ2n) is 9.13. The van der Waals surface area contributed by atoms with E-state index in [-0.39, 0.29) is 17.4 Å². The van der Waals surface area contributed by atoms with E-state index in [9.17, 15) is 13.2 Å². The van der Waals surface area contributed by atoms with Crippen molar-refractivity contribution in [2.24, 2.45) is 5.92 Å². The van der Waals surface area contributed by atoms with Crippen LogP contribution in [0.3, 0.4) is 0 Å². The Morgan fingerprint density at radius 1 is 0.973 bits per heavy atom. The minimum absolute atomic E-state index is 0.0890. The molecule has 0 aliphatic rings. The minimum Gasteiger partial charge on any atom is -0.497 e. The number of ether oxygens (including phenoxy) is 1. The Kier molecular flexibility index (Phi) is 8.27. The van der Waals surface area contributed by atoms with E-state index in [4.69, 9.17) is 9.57 Å². The Hall–Kier alpha value is -3.66. The van der Waals surface area contributed by atoms with Gasteiger partial charge in [0.25, 0.3) is 5.91 Å². The number of hydrogen-bond acceptors (Lipinski definition) is 5. The molecule has 0 fully saturated rings. The molecule has 9 heteroatoms. The van der Waals surface area contributed by atoms with Crippen molar-refractivity contribution in [3.05, 3.63) is 95.7 Å². The largest absolute Gasteiger partial charge is 0.497 e. The summed E-state index contributed by atoms with van der Waals surface area (Å²) in [5, 5.41) is 1.04. The molecule has 3 aromatic carbocycles. The quantitative estimate of drug-likeness (QED) is 0.255. The third-order valence-corrected chi connectivity index (χ3v) is 7.60. The molecule has 8 nitrogen and oxygen atoms in total. The average Bonchev–Trinajstić information content (AvgIpc) is 3.35. The fourth-order valence-corrected chi connectivity index (χ4v) is 5.63. The monoisotopic (exact) mass is 521 g/mol. The number of aromatic amines is 1. The molecule has 37 heavy (non-hydrogen) atoms. The lowest BCUT2D eigenvalue weighted by molar-refractivity contribution is -0.137. The van der Waals surface area contributed by atoms with Crippen LogP contribution in [0, 0.1) is 5.92 Å². The molecule has 0 aliphatic heterocycles. The van der Waals surface area contributed by atoms with Crippen molar-refractivity contribution in [2.75, 3.05) is 7.11 Å². The molecule has 1 aromatic heterocycles. The van der Waals surface area contributed by atoms with Crippen LogP contribution in [0.5, 0.6) is 5.75 Å². The van der Waals surface area contributed by atoms with E-state index in [0.29, 0.717) is 17.7 Å². The van der Waals surface area contributed by atoms with Crippen LogP contribution >= 0.6 is 0 Å². The first-order valence-electron chi connectivity index (χ1n) is 12.0. The number of sulfonamides is 1. The summed E-state index contributed by atoms with van der Waals surface area (Å²) >= 11 is 0. The molecule has 4 aromatic rings. The highest BCUT2D eigenvalue weighted by atomic mass is 32.2. The Balaban J connectivity index is 1.54. The zero-order valence-corrected chi connectivity index (χ0v) is 21.8. The molecule has 0 saturated heterocycles. The van der Waals surface area contributed by atoms with Gasteiger partial charge in [-0.25, -0.2) is 13.9 Å². The van der Waals surface area contributed by atoms with Gasteiger partial charge in [-0.15, -0.1) is 0 Å². The molecule has 1 heterocycles. The Bertz CT molecular complexity index is 1470. The van der Waals surface area contributed by atoms with E-state index in [2.05, 4.69) is 15.2 Å². The topological polar surface area (TPSA) is 110 Å². The number of H-pyrrole nitrogens is 1. The zero-order valence-electron chi connectivity index (χ0n) is 21.0. The number of benzene rings is 3. The van der Waals surface area contributed by atoms with Gasteiger partial charge in [0.1, 0.15) is 11.8 Å². The van der Waals surface area contributed by atoms with Gasteiger partial charge in [0, 0.05) is 11.7 Å². The maximum Gasteiger partial charge on any atom is 0.261 e. The third-order valence-electron chi connectivity index (χ3n) is 6.06. The fourth-order valence-electron chi connectivity index (χ4n) is 4.07. The molecule has 3 N–H and O–H groups in total. The second kappa shape index (κ2) is 11.6. The van der Waals surface area contributed by atoms with Gasteiger partial charge in [0.15, 0.2) is 0 Å². The van der Waals surface area contributed by atoms with E-state index in [1.54, 1.807) is 26.0 Å². The van der Waals surface area contributed by atoms with Crippen molar-refractivity contribution in [3.63, 3.8) is 0 Å². The van der Waals surface area contributed by atoms with Crippen LogP contribution in [-0.2, 0) is 32.7 Å². The molecule has 4 rings (SSSR count). The molecule has 1 amide bonds. The van der Waals surface area contributed by atoms with Gasteiger partial charge in [0.2, 0.25) is 10.0 Å². The van der Waals surface area contributed by atoms with Crippen LogP contribution in [0.1, 0.15) is 30.5 Å². The lowest BCUT2D eigenvalue weighted by Crippen LogP contribution is -2.49. The maximum atomic E-state index is 13.6. The number of fused-ring (bicyclic) bond motifs is 1. The Morgan fingerprint density at radius 3 is 2.49 bits per heavy atom. The van der Waals surface area contributed by atoms with Gasteiger partial charge in [-0.3, -0.25) is 9.63 Å². The van der Waals surface area contributed by atoms with E-state index < -0.39 is 22.0 Å². The van der Waals surface area contributed by atoms with Gasteiger partial charge in [-0.1, -0.05) is 50.2 Å². The first-order chi connectivity index (χ1) is 17.8. The summed E-state index contributed by atoms with van der Waals surface area (Å²) in [6, 6.07) is 21.0. The van der Waals surface area contributed by atoms with Crippen molar-refractivity contribution in [2.45, 2.75) is 37.8 Å². The summed E-state index contributed by atoms with van der Waals surface area (Å²) < 4.78 is 35.0. The number of aromatic nitrogens is 1. The number of methoxy groups -OCH3 is 1. The molecule has 0 bridgehead atoms. The van der Waals surface area contributed by atoms with Crippen LogP contribution in [0.15, 0.2) is 83.9 Å². The van der Waals surface area contributed by atoms with Gasteiger partial charge in [0.05, 0.1) is 18.6 Å². The fraction of sp³-hybridized carbons (Fsp3) is 0.250. The zero-order chi connectivity index (χ0) is 26.4. The summed E-state index contributed by atoms with van der Waals surface area (Å²) in [6.07, 6.45) is 2.23. The Morgan fingerprint density at radius 2 is 1.76 bits per heavy atom. The molecule has 0 radical (unpaired) electrons. The number of carbonyl (C=O) groups is 1. The predicted octanol–water partition coefficient (Wildman–Crippen LogP) is 4.32. The van der Waals surface area contributed by atoms with Crippen molar-refractivity contribution in [1.82, 2.24) is 15.2 Å². The second-order valence-corrected chi connectivity index (χ2v) is 10.8. The van der Waals surface area contributed by atoms with Gasteiger partial charge < -0.3 is 9.72 Å². The normalized spacial score (nSPS) is 12.5. The minimum atomic E-state index is -4.06. The highest BCUT2D eigenvalue weighted by molar-refractivity contribution is 7.89. The summed E-state index contributed by atoms with van der Waals surface area (Å²) in [5.74, 6) is -0.348. The smallest absolute Gasteiger partial charge is 0.261 e. The van der Waals surface area contributed by atoms with Crippen LogP contribution in [0.4, 0.5) is 0 Å². The highest BCUT2D eigenvalue weighted by Gasteiger charge is 2.30. The first kappa shape index (κ1) is 26.4. The van der Waals surface area contributed by atoms with Crippen molar-refractivity contribution in [1.29, 1.82) is 0 Å². The Labute approximate surface area is 217 Å². The predicted molar refractivity (Wildman–Crippen MR) is 142 cm³/mol. The lowest BCUT2D eigenvalue weighted by Gasteiger charge is -2.22. The van der Waals surface area contributed by atoms with Crippen molar-refractivity contribution in [3.8, 4) is 5.75 Å². The number of hydroxylamine groups is 1. The summed E-state index contributed by atoms with van der Waals surface area (Å²) in [6.45, 7) is 3.70. The van der Waals surface area contributed by atoms with Crippen molar-refractivity contribution >= 4 is 26.8 Å². The third kappa shape index (κ3) is 6.56. The van der Waals surface area contributed by atoms with E-state index in [1.165, 1.54) is 13.2 Å². The van der Waals surface area contributed by atoms with E-state index in [1.807, 2.05) is 60.8 Å². The molecule has 194 valence electrons. The molecule has 0 saturated carbocycles. The summed E-state index contributed by atoms with van der Waals surface area (Å²) in [4.78, 5) is 21.5. The number of amides is 1. The SMILES string of the molecule is COc1ccc(S(=O)(=O)N[C@@H](C(=O)NOCc2ccccc2)C(C)C)c(Cc2ccc3[nH]ccc3c2)c1. The number of rotatable bonds is 11. The number of hydrogen-bond donors (Lipinski definition) is 3. The highest BCUT2D eigenvalue weighted by Crippen LogP contribution is 2.26. The summed E-state index contributed by atoms with van der Waals surface area (Å²) in [7, 11) is -2.53. The number of carbonyl (C=O) groups excluding carboxylic acids is 1. The molecule has 0 spiro atoms. The number of nitrogens with one attached hydrogen (secondary N) is 3. The molecule has 0 aliphatic carbocycles. The average molecular weight is 522 g/mol. The van der Waals surface area contributed by atoms with Gasteiger partial charge in [-0.2, -0.15) is 4.72 Å². The van der Waals surface area contributed by atoms with Crippen LogP contribution < -0.4 is 14.9 Å². The molecular formula is C28H31N3O5S. The standard InChI is InChI=1S/C28H31N3O5S/c1-19(2)27(28(32)30-36-18-20-7-5-4-6-8-20)31-37(33,34)26-12-10-24(35-3)17-23(26)16-21-9-11-25-22(15-21)13-14-29-25/h4-15,17,19,27,29,31H,16,18H2,1-3H3,(H,30,32)/t27-/m1/s1. The lowest BCUT2D eigenvalue weighted by atomic mass is 10.0. The maximum absolute atomic E-state index is 13.6. The van der Waals surface area contributed by atoms with Crippen LogP contribution in [-0.4, -0.2) is 32.5 Å². The van der Waals surface area contributed by atoms with Crippen molar-refractivity contribution < 1.29 is 22.8 Å². The molecular weight excluding hydrogens is 490 g/mol. The summed E-state index contributed by atoms with van der Waals surface area (Å²) in [5.41, 5.74) is 5.78. The van der Waals surface area contributed by atoms with Crippen LogP contribution in [0.25, 0.3) is 10.9 Å². The van der Waals surface area contributed by atoms with Gasteiger partial charge in [-0.05, 0) is 70.8 Å². The van der Waals surface area contributed by atoms with E-state index in [0.717, 1.165) is 22.0 Å².